The van der Waals surface area contributed by atoms with Crippen LogP contribution in [0.4, 0.5) is 0 Å². The SMILES string of the molecule is CC1(C)CC(O)c2c(cc(O)c3ccc(=O)oc23)O1. The monoisotopic (exact) mass is 262 g/mol. The van der Waals surface area contributed by atoms with E-state index in [0.717, 1.165) is 0 Å². The first-order valence-corrected chi connectivity index (χ1v) is 6.04. The Labute approximate surface area is 109 Å². The molecule has 2 aromatic rings. The molecule has 0 fully saturated rings. The molecule has 0 amide bonds. The molecule has 2 heterocycles. The average Bonchev–Trinajstić information content (AvgIpc) is 2.25. The van der Waals surface area contributed by atoms with Crippen molar-refractivity contribution in [1.82, 2.24) is 0 Å². The third kappa shape index (κ3) is 1.86. The molecule has 2 N–H and O–H groups in total. The lowest BCUT2D eigenvalue weighted by Gasteiger charge is -2.35. The van der Waals surface area contributed by atoms with Crippen LogP contribution in [-0.2, 0) is 0 Å². The normalized spacial score (nSPS) is 20.9. The first kappa shape index (κ1) is 12.0. The molecule has 1 aliphatic rings. The molecular weight excluding hydrogens is 248 g/mol. The maximum atomic E-state index is 11.3. The smallest absolute Gasteiger partial charge is 0.336 e. The van der Waals surface area contributed by atoms with Crippen molar-refractivity contribution in [1.29, 1.82) is 0 Å². The van der Waals surface area contributed by atoms with Crippen LogP contribution in [0.2, 0.25) is 0 Å². The minimum atomic E-state index is -0.799. The summed E-state index contributed by atoms with van der Waals surface area (Å²) < 4.78 is 10.9. The van der Waals surface area contributed by atoms with E-state index in [4.69, 9.17) is 9.15 Å². The molecule has 5 heteroatoms. The van der Waals surface area contributed by atoms with Crippen LogP contribution < -0.4 is 10.4 Å². The highest BCUT2D eigenvalue weighted by atomic mass is 16.5. The Balaban J connectivity index is 2.38. The molecule has 0 bridgehead atoms. The van der Waals surface area contributed by atoms with E-state index in [1.165, 1.54) is 18.2 Å². The summed E-state index contributed by atoms with van der Waals surface area (Å²) in [5.74, 6) is 0.311. The van der Waals surface area contributed by atoms with Gasteiger partial charge in [0, 0.05) is 18.6 Å². The lowest BCUT2D eigenvalue weighted by atomic mass is 9.90. The second-order valence-corrected chi connectivity index (χ2v) is 5.39. The second-order valence-electron chi connectivity index (χ2n) is 5.39. The number of fused-ring (bicyclic) bond motifs is 3. The molecule has 0 saturated carbocycles. The Morgan fingerprint density at radius 2 is 2.11 bits per heavy atom. The van der Waals surface area contributed by atoms with Crippen LogP contribution in [-0.4, -0.2) is 15.8 Å². The molecule has 3 rings (SSSR count). The zero-order valence-electron chi connectivity index (χ0n) is 10.6. The molecule has 1 aliphatic heterocycles. The maximum Gasteiger partial charge on any atom is 0.336 e. The van der Waals surface area contributed by atoms with E-state index >= 15 is 0 Å². The number of hydrogen-bond acceptors (Lipinski definition) is 5. The highest BCUT2D eigenvalue weighted by Gasteiger charge is 2.35. The fourth-order valence-corrected chi connectivity index (χ4v) is 2.52. The highest BCUT2D eigenvalue weighted by molar-refractivity contribution is 5.88. The van der Waals surface area contributed by atoms with E-state index in [2.05, 4.69) is 0 Å². The number of benzene rings is 1. The van der Waals surface area contributed by atoms with Gasteiger partial charge in [-0.3, -0.25) is 0 Å². The van der Waals surface area contributed by atoms with Gasteiger partial charge in [0.05, 0.1) is 17.1 Å². The van der Waals surface area contributed by atoms with Gasteiger partial charge in [-0.1, -0.05) is 0 Å². The summed E-state index contributed by atoms with van der Waals surface area (Å²) in [5.41, 5.74) is -0.464. The van der Waals surface area contributed by atoms with E-state index in [0.29, 0.717) is 23.1 Å². The van der Waals surface area contributed by atoms with Crippen molar-refractivity contribution in [3.63, 3.8) is 0 Å². The van der Waals surface area contributed by atoms with Crippen molar-refractivity contribution >= 4 is 11.0 Å². The molecule has 1 aromatic heterocycles. The van der Waals surface area contributed by atoms with E-state index in [-0.39, 0.29) is 11.3 Å². The zero-order chi connectivity index (χ0) is 13.8. The average molecular weight is 262 g/mol. The van der Waals surface area contributed by atoms with Crippen LogP contribution in [0.3, 0.4) is 0 Å². The summed E-state index contributed by atoms with van der Waals surface area (Å²) in [6.07, 6.45) is -0.411. The number of hydrogen-bond donors (Lipinski definition) is 2. The predicted octanol–water partition coefficient (Wildman–Crippen LogP) is 2.09. The molecule has 0 aliphatic carbocycles. The summed E-state index contributed by atoms with van der Waals surface area (Å²) in [4.78, 5) is 11.3. The Kier molecular flexibility index (Phi) is 2.37. The zero-order valence-corrected chi connectivity index (χ0v) is 10.6. The van der Waals surface area contributed by atoms with Crippen LogP contribution in [0.5, 0.6) is 11.5 Å². The number of rotatable bonds is 0. The van der Waals surface area contributed by atoms with Crippen molar-refractivity contribution in [3.05, 3.63) is 34.2 Å². The maximum absolute atomic E-state index is 11.3. The summed E-state index contributed by atoms with van der Waals surface area (Å²) in [7, 11) is 0. The van der Waals surface area contributed by atoms with Crippen molar-refractivity contribution in [2.45, 2.75) is 32.0 Å². The molecule has 0 radical (unpaired) electrons. The second kappa shape index (κ2) is 3.74. The number of aliphatic hydroxyl groups excluding tert-OH is 1. The molecule has 0 spiro atoms. The number of aliphatic hydroxyl groups is 1. The molecular formula is C14H14O5. The minimum Gasteiger partial charge on any atom is -0.507 e. The van der Waals surface area contributed by atoms with Gasteiger partial charge in [0.25, 0.3) is 0 Å². The Bertz CT molecular complexity index is 714. The highest BCUT2D eigenvalue weighted by Crippen LogP contribution is 2.45. The minimum absolute atomic E-state index is 0.0394. The Hall–Kier alpha value is -2.01. The Morgan fingerprint density at radius 1 is 1.37 bits per heavy atom. The lowest BCUT2D eigenvalue weighted by molar-refractivity contribution is 0.0118. The molecule has 1 unspecified atom stereocenters. The van der Waals surface area contributed by atoms with E-state index in [1.54, 1.807) is 0 Å². The van der Waals surface area contributed by atoms with Crippen molar-refractivity contribution in [3.8, 4) is 11.5 Å². The summed E-state index contributed by atoms with van der Waals surface area (Å²) in [6, 6.07) is 4.15. The molecule has 1 atom stereocenters. The third-order valence-electron chi connectivity index (χ3n) is 3.29. The number of aromatic hydroxyl groups is 1. The van der Waals surface area contributed by atoms with Crippen LogP contribution in [0, 0.1) is 0 Å². The van der Waals surface area contributed by atoms with Gasteiger partial charge in [-0.05, 0) is 19.9 Å². The van der Waals surface area contributed by atoms with Gasteiger partial charge in [0.1, 0.15) is 17.1 Å². The van der Waals surface area contributed by atoms with E-state index < -0.39 is 17.3 Å². The van der Waals surface area contributed by atoms with Gasteiger partial charge in [-0.25, -0.2) is 4.79 Å². The lowest BCUT2D eigenvalue weighted by Crippen LogP contribution is -2.34. The number of ether oxygens (including phenoxy) is 1. The molecule has 0 saturated heterocycles. The van der Waals surface area contributed by atoms with Gasteiger partial charge in [-0.15, -0.1) is 0 Å². The molecule has 100 valence electrons. The van der Waals surface area contributed by atoms with Gasteiger partial charge in [-0.2, -0.15) is 0 Å². The van der Waals surface area contributed by atoms with Crippen molar-refractivity contribution in [2.24, 2.45) is 0 Å². The topological polar surface area (TPSA) is 79.9 Å². The standard InChI is InChI=1S/C14H14O5/c1-14(2)6-9(16)12-10(19-14)5-8(15)7-3-4-11(17)18-13(7)12/h3-5,9,15-16H,6H2,1-2H3. The summed E-state index contributed by atoms with van der Waals surface area (Å²) in [5, 5.41) is 20.6. The van der Waals surface area contributed by atoms with Crippen molar-refractivity contribution in [2.75, 3.05) is 0 Å². The van der Waals surface area contributed by atoms with Gasteiger partial charge >= 0.3 is 5.63 Å². The molecule has 19 heavy (non-hydrogen) atoms. The molecule has 1 aromatic carbocycles. The number of phenolic OH excluding ortho intramolecular Hbond substituents is 1. The quantitative estimate of drug-likeness (QED) is 0.711. The van der Waals surface area contributed by atoms with Crippen molar-refractivity contribution < 1.29 is 19.4 Å². The third-order valence-corrected chi connectivity index (χ3v) is 3.29. The molecule has 5 nitrogen and oxygen atoms in total. The van der Waals surface area contributed by atoms with Crippen LogP contribution in [0.25, 0.3) is 11.0 Å². The van der Waals surface area contributed by atoms with Gasteiger partial charge < -0.3 is 19.4 Å². The summed E-state index contributed by atoms with van der Waals surface area (Å²) in [6.45, 7) is 3.70. The summed E-state index contributed by atoms with van der Waals surface area (Å²) >= 11 is 0. The Morgan fingerprint density at radius 3 is 2.84 bits per heavy atom. The van der Waals surface area contributed by atoms with Crippen LogP contribution >= 0.6 is 0 Å². The number of phenols is 1. The van der Waals surface area contributed by atoms with Gasteiger partial charge in [0.15, 0.2) is 5.58 Å². The van der Waals surface area contributed by atoms with E-state index in [1.807, 2.05) is 13.8 Å². The fourth-order valence-electron chi connectivity index (χ4n) is 2.52. The van der Waals surface area contributed by atoms with E-state index in [9.17, 15) is 15.0 Å². The van der Waals surface area contributed by atoms with Crippen LogP contribution in [0.15, 0.2) is 27.4 Å². The first-order chi connectivity index (χ1) is 8.87. The predicted molar refractivity (Wildman–Crippen MR) is 68.4 cm³/mol. The fraction of sp³-hybridized carbons (Fsp3) is 0.357. The largest absolute Gasteiger partial charge is 0.507 e. The van der Waals surface area contributed by atoms with Gasteiger partial charge in [0.2, 0.25) is 0 Å². The first-order valence-electron chi connectivity index (χ1n) is 6.04. The van der Waals surface area contributed by atoms with Crippen LogP contribution in [0.1, 0.15) is 31.9 Å².